The summed E-state index contributed by atoms with van der Waals surface area (Å²) in [4.78, 5) is 0. The van der Waals surface area contributed by atoms with Crippen molar-refractivity contribution in [1.82, 2.24) is 0 Å². The first-order valence-corrected chi connectivity index (χ1v) is 2.79. The third kappa shape index (κ3) is 43.4. The Kier molecular flexibility index (Phi) is 12.2. The van der Waals surface area contributed by atoms with Gasteiger partial charge in [0.05, 0.1) is 0 Å². The van der Waals surface area contributed by atoms with Crippen LogP contribution in [0, 0.1) is 0 Å². The highest BCUT2D eigenvalue weighted by Gasteiger charge is 1.59. The van der Waals surface area contributed by atoms with Crippen LogP contribution in [0.4, 0.5) is 0 Å². The lowest BCUT2D eigenvalue weighted by Gasteiger charge is -1.71. The first-order chi connectivity index (χ1) is 4.18. The summed E-state index contributed by atoms with van der Waals surface area (Å²) < 4.78 is 0. The second kappa shape index (κ2) is 10.1. The van der Waals surface area contributed by atoms with Crippen molar-refractivity contribution in [3.05, 3.63) is 37.1 Å². The number of allylic oxidation sites excluding steroid dienone is 3. The molecule has 52 valence electrons. The number of hydrogen-bond acceptors (Lipinski definition) is 1. The van der Waals surface area contributed by atoms with Crippen LogP contribution in [0.25, 0.3) is 0 Å². The van der Waals surface area contributed by atoms with Gasteiger partial charge >= 0.3 is 0 Å². The van der Waals surface area contributed by atoms with Crippen molar-refractivity contribution in [3.63, 3.8) is 0 Å². The van der Waals surface area contributed by atoms with Gasteiger partial charge in [-0.3, -0.25) is 0 Å². The average molecular weight is 125 g/mol. The van der Waals surface area contributed by atoms with E-state index < -0.39 is 0 Å². The molecule has 0 unspecified atom stereocenters. The highest BCUT2D eigenvalue weighted by molar-refractivity contribution is 5.05. The maximum atomic E-state index is 4.85. The predicted octanol–water partition coefficient (Wildman–Crippen LogP) is 2.23. The molecule has 0 radical (unpaired) electrons. The molecule has 0 aliphatic carbocycles. The maximum Gasteiger partial charge on any atom is -0.0106 e. The molecule has 0 aromatic rings. The van der Waals surface area contributed by atoms with Crippen molar-refractivity contribution in [2.45, 2.75) is 13.8 Å². The molecule has 1 heteroatoms. The molecule has 0 rings (SSSR count). The van der Waals surface area contributed by atoms with Crippen molar-refractivity contribution in [3.8, 4) is 0 Å². The van der Waals surface area contributed by atoms with Crippen molar-refractivity contribution in [2.75, 3.05) is 0 Å². The summed E-state index contributed by atoms with van der Waals surface area (Å²) in [5.74, 6) is 0. The summed E-state index contributed by atoms with van der Waals surface area (Å²) in [5, 5.41) is 0. The van der Waals surface area contributed by atoms with Crippen LogP contribution >= 0.6 is 0 Å². The Morgan fingerprint density at radius 1 is 1.56 bits per heavy atom. The third-order valence-electron chi connectivity index (χ3n) is 0.541. The fourth-order valence-corrected chi connectivity index (χ4v) is 0. The molecule has 0 aromatic heterocycles. The van der Waals surface area contributed by atoms with Gasteiger partial charge in [-0.2, -0.15) is 0 Å². The van der Waals surface area contributed by atoms with Gasteiger partial charge in [0.1, 0.15) is 0 Å². The van der Waals surface area contributed by atoms with Crippen molar-refractivity contribution >= 4 is 0 Å². The zero-order chi connectivity index (χ0) is 7.70. The zero-order valence-electron chi connectivity index (χ0n) is 6.22. The van der Waals surface area contributed by atoms with Crippen LogP contribution in [-0.4, -0.2) is 0 Å². The minimum Gasteiger partial charge on any atom is -0.405 e. The average Bonchev–Trinajstić information content (AvgIpc) is 1.89. The Labute approximate surface area is 57.6 Å². The Morgan fingerprint density at radius 3 is 1.78 bits per heavy atom. The molecule has 0 spiro atoms. The Balaban J connectivity index is 0. The number of rotatable bonds is 1. The number of nitrogens with two attached hydrogens (primary N) is 1. The van der Waals surface area contributed by atoms with E-state index in [1.54, 1.807) is 12.2 Å². The Bertz CT molecular complexity index is 97.1. The zero-order valence-corrected chi connectivity index (χ0v) is 6.22. The lowest BCUT2D eigenvalue weighted by molar-refractivity contribution is 1.55. The van der Waals surface area contributed by atoms with Crippen molar-refractivity contribution in [1.29, 1.82) is 0 Å². The molecule has 0 bridgehead atoms. The summed E-state index contributed by atoms with van der Waals surface area (Å²) in [6.07, 6.45) is 5.00. The summed E-state index contributed by atoms with van der Waals surface area (Å²) >= 11 is 0. The van der Waals surface area contributed by atoms with Gasteiger partial charge in [0.25, 0.3) is 0 Å². The summed E-state index contributed by atoms with van der Waals surface area (Å²) in [6, 6.07) is 0. The molecule has 0 aromatic carbocycles. The van der Waals surface area contributed by atoms with Crippen LogP contribution in [0.3, 0.4) is 0 Å². The topological polar surface area (TPSA) is 26.0 Å². The predicted molar refractivity (Wildman–Crippen MR) is 44.0 cm³/mol. The maximum absolute atomic E-state index is 4.85. The quantitative estimate of drug-likeness (QED) is 0.534. The normalized spacial score (nSPS) is 7.78. The van der Waals surface area contributed by atoms with E-state index in [9.17, 15) is 0 Å². The van der Waals surface area contributed by atoms with Gasteiger partial charge in [-0.1, -0.05) is 30.9 Å². The molecule has 0 atom stereocenters. The first kappa shape index (κ1) is 10.9. The molecule has 9 heavy (non-hydrogen) atoms. The van der Waals surface area contributed by atoms with Gasteiger partial charge in [-0.05, 0) is 20.0 Å². The van der Waals surface area contributed by atoms with Gasteiger partial charge < -0.3 is 5.73 Å². The smallest absolute Gasteiger partial charge is 0.0106 e. The summed E-state index contributed by atoms with van der Waals surface area (Å²) in [5.41, 5.74) is 5.87. The van der Waals surface area contributed by atoms with E-state index in [-0.39, 0.29) is 0 Å². The Hall–Kier alpha value is -0.980. The summed E-state index contributed by atoms with van der Waals surface area (Å²) in [6.45, 7) is 10.8. The standard InChI is InChI=1S/C5H8.C3H7N/c1-4-5(2)3;1-2-3-4/h4H,1-2H2,3H3;2-3H,4H2,1H3/b;3-2-. The monoisotopic (exact) mass is 125 g/mol. The molecule has 0 heterocycles. The van der Waals surface area contributed by atoms with E-state index in [0.29, 0.717) is 0 Å². The fraction of sp³-hybridized carbons (Fsp3) is 0.250. The van der Waals surface area contributed by atoms with Gasteiger partial charge in [0.2, 0.25) is 0 Å². The van der Waals surface area contributed by atoms with E-state index in [1.807, 2.05) is 13.8 Å². The van der Waals surface area contributed by atoms with Crippen molar-refractivity contribution < 1.29 is 0 Å². The molecule has 0 saturated carbocycles. The number of hydrogen-bond donors (Lipinski definition) is 1. The highest BCUT2D eigenvalue weighted by Crippen LogP contribution is 1.81. The van der Waals surface area contributed by atoms with Gasteiger partial charge in [0, 0.05) is 0 Å². The molecule has 2 N–H and O–H groups in total. The van der Waals surface area contributed by atoms with E-state index in [1.165, 1.54) is 6.20 Å². The van der Waals surface area contributed by atoms with Gasteiger partial charge in [-0.15, -0.1) is 0 Å². The van der Waals surface area contributed by atoms with Crippen LogP contribution in [0.1, 0.15) is 13.8 Å². The molecule has 0 fully saturated rings. The van der Waals surface area contributed by atoms with E-state index >= 15 is 0 Å². The molecule has 0 amide bonds. The molecule has 0 saturated heterocycles. The molecule has 1 nitrogen and oxygen atoms in total. The van der Waals surface area contributed by atoms with E-state index in [0.717, 1.165) is 5.57 Å². The van der Waals surface area contributed by atoms with E-state index in [2.05, 4.69) is 13.2 Å². The lowest BCUT2D eigenvalue weighted by Crippen LogP contribution is -1.70. The van der Waals surface area contributed by atoms with Crippen LogP contribution in [0.15, 0.2) is 37.1 Å². The summed E-state index contributed by atoms with van der Waals surface area (Å²) in [7, 11) is 0. The Morgan fingerprint density at radius 2 is 1.78 bits per heavy atom. The molecule has 0 aliphatic rings. The fourth-order valence-electron chi connectivity index (χ4n) is 0. The van der Waals surface area contributed by atoms with Crippen LogP contribution in [0.2, 0.25) is 0 Å². The third-order valence-corrected chi connectivity index (χ3v) is 0.541. The minimum atomic E-state index is 1.02. The largest absolute Gasteiger partial charge is 0.405 e. The SMILES string of the molecule is C/C=C\N.C=CC(=C)C. The van der Waals surface area contributed by atoms with Crippen LogP contribution < -0.4 is 5.73 Å². The van der Waals surface area contributed by atoms with Gasteiger partial charge in [0.15, 0.2) is 0 Å². The first-order valence-electron chi connectivity index (χ1n) is 2.79. The second-order valence-corrected chi connectivity index (χ2v) is 1.58. The molecule has 0 aliphatic heterocycles. The lowest BCUT2D eigenvalue weighted by atomic mass is 10.4. The second-order valence-electron chi connectivity index (χ2n) is 1.58. The highest BCUT2D eigenvalue weighted by atomic mass is 14.5. The van der Waals surface area contributed by atoms with E-state index in [4.69, 9.17) is 5.73 Å². The molecular formula is C8H15N. The van der Waals surface area contributed by atoms with Crippen LogP contribution in [0.5, 0.6) is 0 Å². The van der Waals surface area contributed by atoms with Crippen LogP contribution in [-0.2, 0) is 0 Å². The molecular weight excluding hydrogens is 110 g/mol. The minimum absolute atomic E-state index is 1.02. The van der Waals surface area contributed by atoms with Gasteiger partial charge in [-0.25, -0.2) is 0 Å². The van der Waals surface area contributed by atoms with Crippen molar-refractivity contribution in [2.24, 2.45) is 5.73 Å².